The van der Waals surface area contributed by atoms with Crippen molar-refractivity contribution in [3.63, 3.8) is 0 Å². The zero-order chi connectivity index (χ0) is 13.6. The summed E-state index contributed by atoms with van der Waals surface area (Å²) in [6.45, 7) is 7.75. The van der Waals surface area contributed by atoms with Crippen molar-refractivity contribution in [2.24, 2.45) is 5.92 Å². The van der Waals surface area contributed by atoms with Crippen LogP contribution in [0.4, 0.5) is 0 Å². The number of nitrogens with zero attached hydrogens (tertiary/aromatic N) is 1. The van der Waals surface area contributed by atoms with Gasteiger partial charge in [-0.3, -0.25) is 5.10 Å². The summed E-state index contributed by atoms with van der Waals surface area (Å²) in [7, 11) is -3.49. The van der Waals surface area contributed by atoms with E-state index in [4.69, 9.17) is 0 Å². The Hall–Kier alpha value is -0.920. The zero-order valence-corrected chi connectivity index (χ0v) is 12.0. The lowest BCUT2D eigenvalue weighted by Crippen LogP contribution is -2.29. The molecule has 0 aliphatic rings. The van der Waals surface area contributed by atoms with Crippen molar-refractivity contribution >= 4 is 10.0 Å². The molecule has 0 aromatic carbocycles. The number of sulfonamides is 1. The molecular formula is C11H22N4O2S. The second kappa shape index (κ2) is 6.86. The summed E-state index contributed by atoms with van der Waals surface area (Å²) < 4.78 is 26.6. The minimum Gasteiger partial charge on any atom is -0.313 e. The summed E-state index contributed by atoms with van der Waals surface area (Å²) in [5.41, 5.74) is 0.666. The highest BCUT2D eigenvalue weighted by atomic mass is 32.2. The first-order chi connectivity index (χ1) is 8.47. The summed E-state index contributed by atoms with van der Waals surface area (Å²) in [4.78, 5) is 0. The van der Waals surface area contributed by atoms with Crippen molar-refractivity contribution in [3.8, 4) is 0 Å². The monoisotopic (exact) mass is 274 g/mol. The largest absolute Gasteiger partial charge is 0.313 e. The van der Waals surface area contributed by atoms with Crippen LogP contribution in [0.1, 0.15) is 32.8 Å². The van der Waals surface area contributed by atoms with E-state index in [9.17, 15) is 8.42 Å². The Morgan fingerprint density at radius 3 is 2.78 bits per heavy atom. The van der Waals surface area contributed by atoms with Gasteiger partial charge in [0.05, 0.1) is 6.20 Å². The van der Waals surface area contributed by atoms with Gasteiger partial charge in [0.1, 0.15) is 0 Å². The lowest BCUT2D eigenvalue weighted by atomic mass is 10.2. The first kappa shape index (κ1) is 15.1. The fourth-order valence-electron chi connectivity index (χ4n) is 1.41. The van der Waals surface area contributed by atoms with Gasteiger partial charge in [-0.05, 0) is 18.9 Å². The van der Waals surface area contributed by atoms with Crippen LogP contribution in [0.3, 0.4) is 0 Å². The van der Waals surface area contributed by atoms with Crippen molar-refractivity contribution in [1.29, 1.82) is 0 Å². The molecular weight excluding hydrogens is 252 g/mol. The number of aromatic amines is 1. The molecule has 104 valence electrons. The Kier molecular flexibility index (Phi) is 5.77. The summed E-state index contributed by atoms with van der Waals surface area (Å²) in [6.07, 6.45) is 2.55. The van der Waals surface area contributed by atoms with Crippen molar-refractivity contribution < 1.29 is 8.42 Å². The van der Waals surface area contributed by atoms with E-state index in [1.54, 1.807) is 6.20 Å². The van der Waals surface area contributed by atoms with Crippen LogP contribution in [0, 0.1) is 5.92 Å². The molecule has 1 aromatic heterocycles. The Morgan fingerprint density at radius 2 is 2.17 bits per heavy atom. The molecule has 0 aliphatic carbocycles. The quantitative estimate of drug-likeness (QED) is 0.613. The molecule has 0 fully saturated rings. The summed E-state index contributed by atoms with van der Waals surface area (Å²) in [6, 6.07) is 0. The molecule has 6 nitrogen and oxygen atoms in total. The maximum atomic E-state index is 12.0. The summed E-state index contributed by atoms with van der Waals surface area (Å²) in [5, 5.41) is 9.69. The van der Waals surface area contributed by atoms with Crippen LogP contribution in [0.2, 0.25) is 0 Å². The minimum absolute atomic E-state index is 0.159. The van der Waals surface area contributed by atoms with E-state index in [-0.39, 0.29) is 10.9 Å². The molecule has 0 saturated carbocycles. The second-order valence-electron chi connectivity index (χ2n) is 4.65. The molecule has 1 rings (SSSR count). The van der Waals surface area contributed by atoms with E-state index in [2.05, 4.69) is 27.2 Å². The van der Waals surface area contributed by atoms with Crippen molar-refractivity contribution in [1.82, 2.24) is 20.2 Å². The molecule has 18 heavy (non-hydrogen) atoms. The third kappa shape index (κ3) is 4.40. The predicted octanol–water partition coefficient (Wildman–Crippen LogP) is 0.844. The van der Waals surface area contributed by atoms with Gasteiger partial charge in [0.15, 0.2) is 5.03 Å². The Morgan fingerprint density at radius 1 is 1.44 bits per heavy atom. The predicted molar refractivity (Wildman–Crippen MR) is 70.6 cm³/mol. The summed E-state index contributed by atoms with van der Waals surface area (Å²) in [5.74, 6) is 0.268. The van der Waals surface area contributed by atoms with Crippen LogP contribution in [-0.4, -0.2) is 31.7 Å². The minimum atomic E-state index is -3.49. The fraction of sp³-hybridized carbons (Fsp3) is 0.727. The third-order valence-electron chi connectivity index (χ3n) is 2.37. The molecule has 0 aliphatic heterocycles. The zero-order valence-electron chi connectivity index (χ0n) is 11.2. The van der Waals surface area contributed by atoms with Gasteiger partial charge >= 0.3 is 0 Å². The van der Waals surface area contributed by atoms with E-state index in [0.29, 0.717) is 18.7 Å². The van der Waals surface area contributed by atoms with Gasteiger partial charge in [0.2, 0.25) is 0 Å². The average Bonchev–Trinajstić information content (AvgIpc) is 2.76. The first-order valence-corrected chi connectivity index (χ1v) is 7.68. The van der Waals surface area contributed by atoms with Crippen molar-refractivity contribution in [3.05, 3.63) is 11.8 Å². The van der Waals surface area contributed by atoms with E-state index in [1.807, 2.05) is 13.8 Å². The third-order valence-corrected chi connectivity index (χ3v) is 3.81. The highest BCUT2D eigenvalue weighted by Gasteiger charge is 2.20. The van der Waals surface area contributed by atoms with Gasteiger partial charge in [0.25, 0.3) is 10.0 Å². The van der Waals surface area contributed by atoms with Crippen LogP contribution in [-0.2, 0) is 16.6 Å². The first-order valence-electron chi connectivity index (χ1n) is 6.20. The number of hydrogen-bond donors (Lipinski definition) is 3. The molecule has 0 atom stereocenters. The fourth-order valence-corrected chi connectivity index (χ4v) is 2.75. The molecule has 0 radical (unpaired) electrons. The van der Waals surface area contributed by atoms with Gasteiger partial charge in [0, 0.05) is 18.7 Å². The van der Waals surface area contributed by atoms with Gasteiger partial charge in [-0.25, -0.2) is 13.1 Å². The molecule has 1 aromatic rings. The van der Waals surface area contributed by atoms with E-state index < -0.39 is 10.0 Å². The normalized spacial score (nSPS) is 12.2. The highest BCUT2D eigenvalue weighted by Crippen LogP contribution is 2.11. The van der Waals surface area contributed by atoms with E-state index >= 15 is 0 Å². The smallest absolute Gasteiger partial charge is 0.257 e. The van der Waals surface area contributed by atoms with Crippen LogP contribution in [0.15, 0.2) is 11.2 Å². The molecule has 3 N–H and O–H groups in total. The number of nitrogens with one attached hydrogen (secondary N) is 3. The van der Waals surface area contributed by atoms with Gasteiger partial charge < -0.3 is 5.32 Å². The van der Waals surface area contributed by atoms with Crippen LogP contribution in [0.25, 0.3) is 0 Å². The maximum absolute atomic E-state index is 12.0. The number of aromatic nitrogens is 2. The topological polar surface area (TPSA) is 86.9 Å². The number of rotatable bonds is 8. The lowest BCUT2D eigenvalue weighted by molar-refractivity contribution is 0.554. The Labute approximate surface area is 109 Å². The molecule has 0 unspecified atom stereocenters. The standard InChI is InChI=1S/C11H22N4O2S/c1-4-5-12-7-10-8-13-15-11(10)18(16,17)14-6-9(2)3/h8-9,12,14H,4-7H2,1-3H3,(H,13,15). The lowest BCUT2D eigenvalue weighted by Gasteiger charge is -2.09. The molecule has 0 saturated heterocycles. The molecule has 0 bridgehead atoms. The molecule has 0 spiro atoms. The number of hydrogen-bond acceptors (Lipinski definition) is 4. The van der Waals surface area contributed by atoms with E-state index in [0.717, 1.165) is 13.0 Å². The molecule has 7 heteroatoms. The Bertz CT molecular complexity index is 453. The maximum Gasteiger partial charge on any atom is 0.257 e. The van der Waals surface area contributed by atoms with Crippen molar-refractivity contribution in [2.45, 2.75) is 38.8 Å². The van der Waals surface area contributed by atoms with Crippen LogP contribution >= 0.6 is 0 Å². The van der Waals surface area contributed by atoms with Crippen LogP contribution < -0.4 is 10.0 Å². The van der Waals surface area contributed by atoms with Gasteiger partial charge in [-0.15, -0.1) is 0 Å². The highest BCUT2D eigenvalue weighted by molar-refractivity contribution is 7.89. The summed E-state index contributed by atoms with van der Waals surface area (Å²) >= 11 is 0. The van der Waals surface area contributed by atoms with Gasteiger partial charge in [-0.1, -0.05) is 20.8 Å². The molecule has 1 heterocycles. The number of H-pyrrole nitrogens is 1. The Balaban J connectivity index is 2.73. The van der Waals surface area contributed by atoms with Gasteiger partial charge in [-0.2, -0.15) is 5.10 Å². The SMILES string of the molecule is CCCNCc1cn[nH]c1S(=O)(=O)NCC(C)C. The van der Waals surface area contributed by atoms with Crippen molar-refractivity contribution in [2.75, 3.05) is 13.1 Å². The van der Waals surface area contributed by atoms with E-state index in [1.165, 1.54) is 0 Å². The second-order valence-corrected chi connectivity index (χ2v) is 6.35. The van der Waals surface area contributed by atoms with Crippen LogP contribution in [0.5, 0.6) is 0 Å². The average molecular weight is 274 g/mol. The molecule has 0 amide bonds.